The highest BCUT2D eigenvalue weighted by Crippen LogP contribution is 2.14. The van der Waals surface area contributed by atoms with Gasteiger partial charge < -0.3 is 9.84 Å². The predicted octanol–water partition coefficient (Wildman–Crippen LogP) is 2.53. The van der Waals surface area contributed by atoms with Gasteiger partial charge in [0.1, 0.15) is 11.5 Å². The van der Waals surface area contributed by atoms with E-state index in [-0.39, 0.29) is 10.6 Å². The molecule has 0 heterocycles. The van der Waals surface area contributed by atoms with E-state index in [2.05, 4.69) is 4.72 Å². The van der Waals surface area contributed by atoms with Crippen molar-refractivity contribution in [2.75, 3.05) is 13.2 Å². The van der Waals surface area contributed by atoms with Crippen molar-refractivity contribution in [2.45, 2.75) is 17.7 Å². The summed E-state index contributed by atoms with van der Waals surface area (Å²) < 4.78 is 32.0. The third kappa shape index (κ3) is 5.05. The van der Waals surface area contributed by atoms with Crippen molar-refractivity contribution >= 4 is 10.0 Å². The van der Waals surface area contributed by atoms with E-state index in [4.69, 9.17) is 9.84 Å². The van der Waals surface area contributed by atoms with E-state index in [1.807, 2.05) is 30.3 Å². The molecule has 0 aromatic heterocycles. The van der Waals surface area contributed by atoms with Crippen LogP contribution in [0, 0.1) is 0 Å². The predicted molar refractivity (Wildman–Crippen MR) is 84.5 cm³/mol. The van der Waals surface area contributed by atoms with Crippen LogP contribution in [0.15, 0.2) is 59.5 Å². The highest BCUT2D eigenvalue weighted by atomic mass is 32.2. The third-order valence-electron chi connectivity index (χ3n) is 3.02. The Balaban J connectivity index is 1.68. The number of hydrogen-bond acceptors (Lipinski definition) is 4. The van der Waals surface area contributed by atoms with Crippen molar-refractivity contribution in [3.8, 4) is 11.5 Å². The van der Waals surface area contributed by atoms with Crippen LogP contribution in [0.2, 0.25) is 0 Å². The zero-order valence-corrected chi connectivity index (χ0v) is 12.9. The summed E-state index contributed by atoms with van der Waals surface area (Å²) in [6, 6.07) is 14.9. The molecule has 0 aliphatic heterocycles. The van der Waals surface area contributed by atoms with Gasteiger partial charge in [-0.05, 0) is 49.2 Å². The average Bonchev–Trinajstić information content (AvgIpc) is 2.52. The van der Waals surface area contributed by atoms with E-state index >= 15 is 0 Å². The van der Waals surface area contributed by atoms with Crippen molar-refractivity contribution in [1.29, 1.82) is 0 Å². The van der Waals surface area contributed by atoms with Gasteiger partial charge in [-0.2, -0.15) is 0 Å². The first kappa shape index (κ1) is 16.3. The second-order valence-corrected chi connectivity index (χ2v) is 6.53. The molecule has 118 valence electrons. The van der Waals surface area contributed by atoms with Crippen molar-refractivity contribution in [2.24, 2.45) is 0 Å². The molecule has 2 aromatic rings. The van der Waals surface area contributed by atoms with E-state index in [1.54, 1.807) is 0 Å². The van der Waals surface area contributed by atoms with E-state index in [0.29, 0.717) is 19.6 Å². The Bertz CT molecular complexity index is 669. The van der Waals surface area contributed by atoms with Gasteiger partial charge in [0.25, 0.3) is 0 Å². The van der Waals surface area contributed by atoms with Crippen LogP contribution in [0.3, 0.4) is 0 Å². The van der Waals surface area contributed by atoms with Crippen molar-refractivity contribution < 1.29 is 18.3 Å². The Hall–Kier alpha value is -2.05. The summed E-state index contributed by atoms with van der Waals surface area (Å²) in [5.74, 6) is 0.851. The minimum Gasteiger partial charge on any atom is -0.508 e. The Labute approximate surface area is 130 Å². The molecular weight excluding hydrogens is 302 g/mol. The number of unbranched alkanes of at least 4 members (excludes halogenated alkanes) is 1. The zero-order valence-electron chi connectivity index (χ0n) is 12.1. The number of phenols is 1. The van der Waals surface area contributed by atoms with Crippen LogP contribution in [-0.4, -0.2) is 26.7 Å². The van der Waals surface area contributed by atoms with Crippen LogP contribution in [0.5, 0.6) is 11.5 Å². The minimum atomic E-state index is -3.52. The molecule has 0 saturated carbocycles. The van der Waals surface area contributed by atoms with Crippen molar-refractivity contribution in [1.82, 2.24) is 4.72 Å². The summed E-state index contributed by atoms with van der Waals surface area (Å²) >= 11 is 0. The quantitative estimate of drug-likeness (QED) is 0.733. The number of nitrogens with one attached hydrogen (secondary N) is 1. The van der Waals surface area contributed by atoms with Gasteiger partial charge in [0.2, 0.25) is 10.0 Å². The van der Waals surface area contributed by atoms with Crippen LogP contribution in [-0.2, 0) is 10.0 Å². The summed E-state index contributed by atoms with van der Waals surface area (Å²) in [5, 5.41) is 9.16. The Kier molecular flexibility index (Phi) is 5.80. The van der Waals surface area contributed by atoms with Gasteiger partial charge in [0, 0.05) is 6.54 Å². The Morgan fingerprint density at radius 2 is 1.64 bits per heavy atom. The SMILES string of the molecule is O=S(=O)(NCCCCOc1ccccc1)c1ccc(O)cc1. The lowest BCUT2D eigenvalue weighted by molar-refractivity contribution is 0.307. The second-order valence-electron chi connectivity index (χ2n) is 4.76. The Morgan fingerprint density at radius 1 is 0.955 bits per heavy atom. The van der Waals surface area contributed by atoms with Crippen LogP contribution in [0.4, 0.5) is 0 Å². The fourth-order valence-corrected chi connectivity index (χ4v) is 2.92. The van der Waals surface area contributed by atoms with Gasteiger partial charge in [-0.15, -0.1) is 0 Å². The first-order valence-electron chi connectivity index (χ1n) is 7.04. The number of hydrogen-bond donors (Lipinski definition) is 2. The summed E-state index contributed by atoms with van der Waals surface area (Å²) in [6.45, 7) is 0.895. The number of sulfonamides is 1. The van der Waals surface area contributed by atoms with E-state index in [0.717, 1.165) is 12.2 Å². The van der Waals surface area contributed by atoms with Gasteiger partial charge in [-0.1, -0.05) is 18.2 Å². The summed E-state index contributed by atoms with van der Waals surface area (Å²) in [5.41, 5.74) is 0. The van der Waals surface area contributed by atoms with Crippen LogP contribution in [0.25, 0.3) is 0 Å². The van der Waals surface area contributed by atoms with Gasteiger partial charge >= 0.3 is 0 Å². The molecule has 0 aliphatic carbocycles. The molecule has 0 amide bonds. The maximum absolute atomic E-state index is 12.0. The molecule has 6 heteroatoms. The maximum atomic E-state index is 12.0. The number of para-hydroxylation sites is 1. The standard InChI is InChI=1S/C16H19NO4S/c18-14-8-10-16(11-9-14)22(19,20)17-12-4-5-13-21-15-6-2-1-3-7-15/h1-3,6-11,17-18H,4-5,12-13H2. The van der Waals surface area contributed by atoms with E-state index in [9.17, 15) is 8.42 Å². The molecule has 0 fully saturated rings. The number of ether oxygens (including phenoxy) is 1. The monoisotopic (exact) mass is 321 g/mol. The second kappa shape index (κ2) is 7.82. The molecule has 0 saturated heterocycles. The fraction of sp³-hybridized carbons (Fsp3) is 0.250. The smallest absolute Gasteiger partial charge is 0.240 e. The number of phenolic OH excluding ortho intramolecular Hbond substituents is 1. The van der Waals surface area contributed by atoms with Crippen LogP contribution < -0.4 is 9.46 Å². The molecule has 2 N–H and O–H groups in total. The summed E-state index contributed by atoms with van der Waals surface area (Å²) in [7, 11) is -3.52. The average molecular weight is 321 g/mol. The molecular formula is C16H19NO4S. The lowest BCUT2D eigenvalue weighted by Crippen LogP contribution is -2.25. The molecule has 0 unspecified atom stereocenters. The Morgan fingerprint density at radius 3 is 2.32 bits per heavy atom. The molecule has 0 radical (unpaired) electrons. The van der Waals surface area contributed by atoms with E-state index < -0.39 is 10.0 Å². The molecule has 0 bridgehead atoms. The highest BCUT2D eigenvalue weighted by molar-refractivity contribution is 7.89. The van der Waals surface area contributed by atoms with Gasteiger partial charge in [0.15, 0.2) is 0 Å². The largest absolute Gasteiger partial charge is 0.508 e. The molecule has 2 aromatic carbocycles. The summed E-state index contributed by atoms with van der Waals surface area (Å²) in [6.07, 6.45) is 1.44. The topological polar surface area (TPSA) is 75.6 Å². The molecule has 0 spiro atoms. The summed E-state index contributed by atoms with van der Waals surface area (Å²) in [4.78, 5) is 0.144. The van der Waals surface area contributed by atoms with Crippen LogP contribution in [0.1, 0.15) is 12.8 Å². The molecule has 0 aliphatic rings. The van der Waals surface area contributed by atoms with E-state index in [1.165, 1.54) is 24.3 Å². The molecule has 22 heavy (non-hydrogen) atoms. The van der Waals surface area contributed by atoms with Gasteiger partial charge in [0.05, 0.1) is 11.5 Å². The maximum Gasteiger partial charge on any atom is 0.240 e. The first-order valence-corrected chi connectivity index (χ1v) is 8.53. The zero-order chi connectivity index (χ0) is 15.8. The number of rotatable bonds is 8. The third-order valence-corrected chi connectivity index (χ3v) is 4.50. The lowest BCUT2D eigenvalue weighted by atomic mass is 10.3. The van der Waals surface area contributed by atoms with Gasteiger partial charge in [-0.25, -0.2) is 13.1 Å². The minimum absolute atomic E-state index is 0.0389. The van der Waals surface area contributed by atoms with Crippen molar-refractivity contribution in [3.63, 3.8) is 0 Å². The lowest BCUT2D eigenvalue weighted by Gasteiger charge is -2.08. The first-order chi connectivity index (χ1) is 10.6. The highest BCUT2D eigenvalue weighted by Gasteiger charge is 2.12. The number of benzene rings is 2. The molecule has 0 atom stereocenters. The fourth-order valence-electron chi connectivity index (χ4n) is 1.85. The van der Waals surface area contributed by atoms with Crippen LogP contribution >= 0.6 is 0 Å². The molecule has 5 nitrogen and oxygen atoms in total. The van der Waals surface area contributed by atoms with Gasteiger partial charge in [-0.3, -0.25) is 0 Å². The number of aromatic hydroxyl groups is 1. The normalized spacial score (nSPS) is 11.3. The van der Waals surface area contributed by atoms with Crippen molar-refractivity contribution in [3.05, 3.63) is 54.6 Å². The molecule has 2 rings (SSSR count).